The summed E-state index contributed by atoms with van der Waals surface area (Å²) in [6.07, 6.45) is 3.02. The number of hydrogen-bond acceptors (Lipinski definition) is 5. The van der Waals surface area contributed by atoms with Crippen molar-refractivity contribution < 1.29 is 9.53 Å². The number of aromatic nitrogens is 2. The van der Waals surface area contributed by atoms with E-state index < -0.39 is 0 Å². The van der Waals surface area contributed by atoms with Crippen molar-refractivity contribution in [2.24, 2.45) is 0 Å². The molecule has 3 heterocycles. The quantitative estimate of drug-likeness (QED) is 0.748. The first-order chi connectivity index (χ1) is 12.6. The van der Waals surface area contributed by atoms with E-state index in [1.165, 1.54) is 22.2 Å². The van der Waals surface area contributed by atoms with Crippen molar-refractivity contribution in [3.05, 3.63) is 57.5 Å². The number of para-hydroxylation sites is 1. The Kier molecular flexibility index (Phi) is 4.46. The van der Waals surface area contributed by atoms with Gasteiger partial charge in [0.05, 0.1) is 18.3 Å². The van der Waals surface area contributed by atoms with Gasteiger partial charge in [0.2, 0.25) is 5.91 Å². The summed E-state index contributed by atoms with van der Waals surface area (Å²) in [5.74, 6) is 0.653. The maximum Gasteiger partial charge on any atom is 0.262 e. The van der Waals surface area contributed by atoms with Crippen LogP contribution in [-0.4, -0.2) is 28.1 Å². The molecule has 1 amide bonds. The van der Waals surface area contributed by atoms with Crippen molar-refractivity contribution in [3.8, 4) is 5.75 Å². The summed E-state index contributed by atoms with van der Waals surface area (Å²) in [7, 11) is 0. The van der Waals surface area contributed by atoms with Gasteiger partial charge >= 0.3 is 0 Å². The Labute approximate surface area is 154 Å². The molecule has 134 valence electrons. The third kappa shape index (κ3) is 3.22. The number of benzene rings is 1. The molecule has 0 saturated heterocycles. The van der Waals surface area contributed by atoms with Crippen LogP contribution in [0.25, 0.3) is 10.2 Å². The van der Waals surface area contributed by atoms with Crippen LogP contribution >= 0.6 is 11.3 Å². The van der Waals surface area contributed by atoms with Crippen LogP contribution in [0.5, 0.6) is 5.75 Å². The molecule has 1 aliphatic rings. The van der Waals surface area contributed by atoms with Gasteiger partial charge in [-0.25, -0.2) is 4.98 Å². The number of carbonyl (C=O) groups excluding carboxylic acids is 1. The number of nitrogens with one attached hydrogen (secondary N) is 1. The van der Waals surface area contributed by atoms with E-state index in [-0.39, 0.29) is 24.1 Å². The molecule has 1 aromatic carbocycles. The lowest BCUT2D eigenvalue weighted by Crippen LogP contribution is -2.38. The first-order valence-electron chi connectivity index (χ1n) is 8.63. The lowest BCUT2D eigenvalue weighted by molar-refractivity contribution is -0.122. The molecule has 7 heteroatoms. The summed E-state index contributed by atoms with van der Waals surface area (Å²) in [6, 6.07) is 9.75. The van der Waals surface area contributed by atoms with Gasteiger partial charge in [0.15, 0.2) is 0 Å². The molecule has 0 fully saturated rings. The molecular formula is C19H19N3O3S. The average molecular weight is 369 g/mol. The Bertz CT molecular complexity index is 999. The van der Waals surface area contributed by atoms with Gasteiger partial charge in [-0.1, -0.05) is 25.1 Å². The molecule has 0 saturated carbocycles. The van der Waals surface area contributed by atoms with Gasteiger partial charge < -0.3 is 10.1 Å². The number of thiophene rings is 1. The summed E-state index contributed by atoms with van der Waals surface area (Å²) in [6.45, 7) is 2.41. The van der Waals surface area contributed by atoms with E-state index in [4.69, 9.17) is 4.74 Å². The highest BCUT2D eigenvalue weighted by atomic mass is 32.1. The van der Waals surface area contributed by atoms with Gasteiger partial charge in [0.25, 0.3) is 5.56 Å². The molecule has 1 unspecified atom stereocenters. The fourth-order valence-corrected chi connectivity index (χ4v) is 4.03. The van der Waals surface area contributed by atoms with Crippen molar-refractivity contribution in [2.45, 2.75) is 32.4 Å². The summed E-state index contributed by atoms with van der Waals surface area (Å²) < 4.78 is 7.17. The predicted octanol–water partition coefficient (Wildman–Crippen LogP) is 2.14. The maximum absolute atomic E-state index is 12.5. The standard InChI is InChI=1S/C19H19N3O3S/c1-2-14-8-15-18(26-14)21-11-22(19(15)24)10-17(23)20-9-13-7-12-5-3-4-6-16(12)25-13/h3-6,8,11,13H,2,7,9-10H2,1H3,(H,20,23). The van der Waals surface area contributed by atoms with Crippen LogP contribution in [0.3, 0.4) is 0 Å². The molecule has 0 bridgehead atoms. The highest BCUT2D eigenvalue weighted by Crippen LogP contribution is 2.27. The number of amides is 1. The third-order valence-corrected chi connectivity index (χ3v) is 5.66. The Morgan fingerprint density at radius 2 is 2.27 bits per heavy atom. The fourth-order valence-electron chi connectivity index (χ4n) is 3.10. The lowest BCUT2D eigenvalue weighted by atomic mass is 10.1. The highest BCUT2D eigenvalue weighted by Gasteiger charge is 2.22. The van der Waals surface area contributed by atoms with Crippen molar-refractivity contribution in [1.82, 2.24) is 14.9 Å². The summed E-state index contributed by atoms with van der Waals surface area (Å²) in [4.78, 5) is 30.9. The van der Waals surface area contributed by atoms with Gasteiger partial charge in [-0.05, 0) is 24.1 Å². The van der Waals surface area contributed by atoms with E-state index in [1.54, 1.807) is 0 Å². The molecule has 0 radical (unpaired) electrons. The first kappa shape index (κ1) is 16.8. The van der Waals surface area contributed by atoms with Crippen LogP contribution in [0, 0.1) is 0 Å². The second kappa shape index (κ2) is 6.92. The van der Waals surface area contributed by atoms with Gasteiger partial charge in [-0.2, -0.15) is 0 Å². The van der Waals surface area contributed by atoms with Crippen molar-refractivity contribution in [1.29, 1.82) is 0 Å². The van der Waals surface area contributed by atoms with Crippen LogP contribution in [-0.2, 0) is 24.2 Å². The summed E-state index contributed by atoms with van der Waals surface area (Å²) >= 11 is 1.52. The normalized spacial score (nSPS) is 15.7. The average Bonchev–Trinajstić information content (AvgIpc) is 3.26. The Morgan fingerprint density at radius 3 is 3.08 bits per heavy atom. The minimum absolute atomic E-state index is 0.0429. The van der Waals surface area contributed by atoms with Gasteiger partial charge in [-0.3, -0.25) is 14.2 Å². The number of carbonyl (C=O) groups is 1. The van der Waals surface area contributed by atoms with Crippen molar-refractivity contribution in [3.63, 3.8) is 0 Å². The smallest absolute Gasteiger partial charge is 0.262 e. The van der Waals surface area contributed by atoms with E-state index >= 15 is 0 Å². The lowest BCUT2D eigenvalue weighted by Gasteiger charge is -2.12. The van der Waals surface area contributed by atoms with Crippen LogP contribution in [0.1, 0.15) is 17.4 Å². The molecule has 6 nitrogen and oxygen atoms in total. The number of hydrogen-bond donors (Lipinski definition) is 1. The Balaban J connectivity index is 1.39. The zero-order chi connectivity index (χ0) is 18.1. The van der Waals surface area contributed by atoms with Crippen molar-refractivity contribution >= 4 is 27.5 Å². The largest absolute Gasteiger partial charge is 0.488 e. The van der Waals surface area contributed by atoms with Gasteiger partial charge in [-0.15, -0.1) is 11.3 Å². The maximum atomic E-state index is 12.5. The topological polar surface area (TPSA) is 73.2 Å². The van der Waals surface area contributed by atoms with Crippen molar-refractivity contribution in [2.75, 3.05) is 6.54 Å². The second-order valence-corrected chi connectivity index (χ2v) is 7.43. The molecule has 0 aliphatic carbocycles. The molecule has 4 rings (SSSR count). The summed E-state index contributed by atoms with van der Waals surface area (Å²) in [5.41, 5.74) is 0.979. The fraction of sp³-hybridized carbons (Fsp3) is 0.316. The number of fused-ring (bicyclic) bond motifs is 2. The highest BCUT2D eigenvalue weighted by molar-refractivity contribution is 7.18. The molecule has 26 heavy (non-hydrogen) atoms. The molecule has 1 aliphatic heterocycles. The number of rotatable bonds is 5. The zero-order valence-electron chi connectivity index (χ0n) is 14.4. The minimum atomic E-state index is -0.223. The van der Waals surface area contributed by atoms with E-state index in [9.17, 15) is 9.59 Å². The molecule has 0 spiro atoms. The molecule has 1 N–H and O–H groups in total. The second-order valence-electron chi connectivity index (χ2n) is 6.32. The Morgan fingerprint density at radius 1 is 1.42 bits per heavy atom. The van der Waals surface area contributed by atoms with Gasteiger partial charge in [0.1, 0.15) is 23.2 Å². The van der Waals surface area contributed by atoms with Crippen LogP contribution in [0.2, 0.25) is 0 Å². The molecule has 3 aromatic rings. The van der Waals surface area contributed by atoms with E-state index in [1.807, 2.05) is 37.3 Å². The number of ether oxygens (including phenoxy) is 1. The Hall–Kier alpha value is -2.67. The number of nitrogens with zero attached hydrogens (tertiary/aromatic N) is 2. The van der Waals surface area contributed by atoms with E-state index in [0.29, 0.717) is 11.9 Å². The molecule has 1 atom stereocenters. The molecular weight excluding hydrogens is 350 g/mol. The first-order valence-corrected chi connectivity index (χ1v) is 9.45. The van der Waals surface area contributed by atoms with Crippen LogP contribution in [0.4, 0.5) is 0 Å². The third-order valence-electron chi connectivity index (χ3n) is 4.47. The van der Waals surface area contributed by atoms with Gasteiger partial charge in [0, 0.05) is 11.3 Å². The van der Waals surface area contributed by atoms with Crippen LogP contribution in [0.15, 0.2) is 41.5 Å². The molecule has 2 aromatic heterocycles. The van der Waals surface area contributed by atoms with E-state index in [2.05, 4.69) is 10.3 Å². The number of aryl methyl sites for hydroxylation is 1. The monoisotopic (exact) mass is 369 g/mol. The minimum Gasteiger partial charge on any atom is -0.488 e. The van der Waals surface area contributed by atoms with Crippen LogP contribution < -0.4 is 15.6 Å². The summed E-state index contributed by atoms with van der Waals surface area (Å²) in [5, 5.41) is 3.43. The zero-order valence-corrected chi connectivity index (χ0v) is 15.2. The van der Waals surface area contributed by atoms with E-state index in [0.717, 1.165) is 33.9 Å². The predicted molar refractivity (Wildman–Crippen MR) is 101 cm³/mol. The SMILES string of the molecule is CCc1cc2c(=O)n(CC(=O)NCC3Cc4ccccc4O3)cnc2s1.